The first-order valence-electron chi connectivity index (χ1n) is 9.90. The van der Waals surface area contributed by atoms with Crippen molar-refractivity contribution in [2.75, 3.05) is 14.1 Å². The van der Waals surface area contributed by atoms with E-state index < -0.39 is 12.1 Å². The molecular weight excluding hydrogens is 412 g/mol. The summed E-state index contributed by atoms with van der Waals surface area (Å²) < 4.78 is 4.48. The fourth-order valence-corrected chi connectivity index (χ4v) is 3.54. The number of nitrogens with one attached hydrogen (secondary N) is 1. The lowest BCUT2D eigenvalue weighted by atomic mass is 10.1. The van der Waals surface area contributed by atoms with E-state index in [2.05, 4.69) is 15.2 Å². The Kier molecular flexibility index (Phi) is 5.29. The second kappa shape index (κ2) is 8.09. The Morgan fingerprint density at radius 1 is 1.09 bits per heavy atom. The lowest BCUT2D eigenvalue weighted by Crippen LogP contribution is -2.63. The summed E-state index contributed by atoms with van der Waals surface area (Å²) in [4.78, 5) is 29.5. The highest BCUT2D eigenvalue weighted by Crippen LogP contribution is 2.22. The third kappa shape index (κ3) is 3.75. The van der Waals surface area contributed by atoms with Gasteiger partial charge in [0.1, 0.15) is 11.5 Å². The third-order valence-corrected chi connectivity index (χ3v) is 5.39. The Hall–Kier alpha value is -4.30. The first-order valence-corrected chi connectivity index (χ1v) is 9.90. The lowest BCUT2D eigenvalue weighted by Gasteiger charge is -2.31. The normalized spacial score (nSPS) is 18.2. The summed E-state index contributed by atoms with van der Waals surface area (Å²) in [6.45, 7) is 2.36. The number of hydrazone groups is 1. The molecule has 0 aliphatic carbocycles. The highest BCUT2D eigenvalue weighted by molar-refractivity contribution is 6.23. The number of guanidine groups is 1. The first-order chi connectivity index (χ1) is 15.3. The van der Waals surface area contributed by atoms with Gasteiger partial charge < -0.3 is 10.2 Å². The second-order valence-corrected chi connectivity index (χ2v) is 7.66. The number of rotatable bonds is 4. The van der Waals surface area contributed by atoms with Crippen LogP contribution in [0.1, 0.15) is 16.7 Å². The maximum absolute atomic E-state index is 13.0. The average Bonchev–Trinajstić information content (AvgIpc) is 3.12. The minimum absolute atomic E-state index is 0.0622. The summed E-state index contributed by atoms with van der Waals surface area (Å²) in [5, 5.41) is 23.5. The molecule has 2 aromatic rings. The second-order valence-electron chi connectivity index (χ2n) is 7.66. The van der Waals surface area contributed by atoms with Crippen LogP contribution in [0.3, 0.4) is 0 Å². The van der Waals surface area contributed by atoms with Gasteiger partial charge in [0.2, 0.25) is 6.04 Å². The van der Waals surface area contributed by atoms with Crippen molar-refractivity contribution < 1.29 is 19.8 Å². The Morgan fingerprint density at radius 3 is 2.50 bits per heavy atom. The number of urea groups is 1. The zero-order valence-electron chi connectivity index (χ0n) is 17.9. The maximum Gasteiger partial charge on any atom is 0.421 e. The van der Waals surface area contributed by atoms with Crippen molar-refractivity contribution in [3.05, 3.63) is 59.2 Å². The van der Waals surface area contributed by atoms with Gasteiger partial charge in [0, 0.05) is 18.7 Å². The molecule has 0 radical (unpaired) electrons. The maximum atomic E-state index is 13.0. The van der Waals surface area contributed by atoms with Crippen molar-refractivity contribution in [2.24, 2.45) is 5.10 Å². The number of carbonyl (C=O) groups is 2. The number of carbonyl (C=O) groups excluding carboxylic acids is 2. The van der Waals surface area contributed by atoms with E-state index in [1.54, 1.807) is 11.9 Å². The summed E-state index contributed by atoms with van der Waals surface area (Å²) in [6.07, 6.45) is 1.37. The molecule has 0 spiro atoms. The van der Waals surface area contributed by atoms with Gasteiger partial charge in [-0.05, 0) is 24.6 Å². The van der Waals surface area contributed by atoms with Crippen LogP contribution in [0.15, 0.2) is 47.6 Å². The van der Waals surface area contributed by atoms with E-state index >= 15 is 0 Å². The number of nitrogens with zero attached hydrogens (tertiary/aromatic N) is 5. The van der Waals surface area contributed by atoms with Crippen molar-refractivity contribution in [1.29, 1.82) is 0 Å². The quantitative estimate of drug-likeness (QED) is 0.366. The van der Waals surface area contributed by atoms with Crippen LogP contribution in [0.4, 0.5) is 4.79 Å². The van der Waals surface area contributed by atoms with E-state index in [1.165, 1.54) is 36.4 Å². The topological polar surface area (TPSA) is 123 Å². The van der Waals surface area contributed by atoms with Crippen LogP contribution in [-0.4, -0.2) is 75.0 Å². The molecule has 3 N–H and O–H groups in total. The Morgan fingerprint density at radius 2 is 1.81 bits per heavy atom. The van der Waals surface area contributed by atoms with Crippen molar-refractivity contribution in [1.82, 2.24) is 24.8 Å². The minimum Gasteiger partial charge on any atom is -0.508 e. The molecule has 10 heteroatoms. The fourth-order valence-electron chi connectivity index (χ4n) is 3.54. The highest BCUT2D eigenvalue weighted by Gasteiger charge is 2.54. The lowest BCUT2D eigenvalue weighted by molar-refractivity contribution is -0.130. The van der Waals surface area contributed by atoms with Gasteiger partial charge in [-0.3, -0.25) is 9.69 Å². The molecule has 10 nitrogen and oxygen atoms in total. The number of aromatic hydroxyl groups is 2. The number of likely N-dealkylation sites (N-methyl/N-ethyl adjacent to an activating group) is 2. The molecule has 164 valence electrons. The van der Waals surface area contributed by atoms with E-state index in [0.29, 0.717) is 23.9 Å². The summed E-state index contributed by atoms with van der Waals surface area (Å²) in [5.74, 6) is 0.0353. The largest absolute Gasteiger partial charge is 0.508 e. The van der Waals surface area contributed by atoms with E-state index in [-0.39, 0.29) is 17.4 Å². The van der Waals surface area contributed by atoms with Crippen molar-refractivity contribution in [3.8, 4) is 11.5 Å². The van der Waals surface area contributed by atoms with Crippen LogP contribution in [0.25, 0.3) is 0 Å². The smallest absolute Gasteiger partial charge is 0.421 e. The van der Waals surface area contributed by atoms with Gasteiger partial charge in [-0.1, -0.05) is 29.8 Å². The number of aryl methyl sites for hydroxylation is 1. The molecule has 1 saturated heterocycles. The zero-order chi connectivity index (χ0) is 23.0. The Bertz CT molecular complexity index is 1180. The van der Waals surface area contributed by atoms with Crippen molar-refractivity contribution >= 4 is 29.9 Å². The predicted molar refractivity (Wildman–Crippen MR) is 119 cm³/mol. The summed E-state index contributed by atoms with van der Waals surface area (Å²) in [6, 6.07) is 10.8. The molecule has 1 unspecified atom stereocenters. The van der Waals surface area contributed by atoms with Crippen molar-refractivity contribution in [3.63, 3.8) is 0 Å². The van der Waals surface area contributed by atoms with Gasteiger partial charge in [0.05, 0.1) is 19.8 Å². The molecule has 0 aromatic heterocycles. The number of hydrogen-bond acceptors (Lipinski definition) is 7. The number of phenols is 2. The van der Waals surface area contributed by atoms with Gasteiger partial charge in [-0.25, -0.2) is 19.3 Å². The van der Waals surface area contributed by atoms with Crippen LogP contribution in [0, 0.1) is 6.92 Å². The summed E-state index contributed by atoms with van der Waals surface area (Å²) in [7, 11) is 3.01. The van der Waals surface area contributed by atoms with Gasteiger partial charge in [-0.2, -0.15) is 5.43 Å². The van der Waals surface area contributed by atoms with Gasteiger partial charge in [0.15, 0.2) is 0 Å². The SMILES string of the molecule is Cc1ccc(CN2C(N/N=C/c3ccc(O)cc3O)=[N+]=C3C2C(=O)N(C)C(=O)N3C)cc1. The molecule has 1 fully saturated rings. The number of amidine groups is 1. The Labute approximate surface area is 184 Å². The van der Waals surface area contributed by atoms with Crippen LogP contribution >= 0.6 is 0 Å². The van der Waals surface area contributed by atoms with E-state index in [0.717, 1.165) is 16.0 Å². The standard InChI is InChI=1S/C22H22N6O4/c1-13-4-6-14(7-5-13)12-28-18-19(26(2)22(32)27(3)20(18)31)24-21(28)25-23-11-15-8-9-16(29)10-17(15)30/h4-11,18H,12H2,1-3H3,(H2,23,29,30)/p+1. The molecule has 0 bridgehead atoms. The Balaban J connectivity index is 1.65. The molecule has 32 heavy (non-hydrogen) atoms. The minimum atomic E-state index is -0.774. The predicted octanol–water partition coefficient (Wildman–Crippen LogP) is 0.560. The zero-order valence-corrected chi connectivity index (χ0v) is 17.9. The number of amides is 3. The molecule has 2 aliphatic heterocycles. The molecule has 4 rings (SSSR count). The number of hydrogen-bond donors (Lipinski definition) is 3. The average molecular weight is 435 g/mol. The van der Waals surface area contributed by atoms with Crippen molar-refractivity contribution in [2.45, 2.75) is 19.5 Å². The number of imide groups is 1. The molecule has 2 aliphatic rings. The fraction of sp³-hybridized carbons (Fsp3) is 0.227. The molecule has 1 atom stereocenters. The number of benzene rings is 2. The molecule has 2 heterocycles. The molecule has 2 aromatic carbocycles. The summed E-state index contributed by atoms with van der Waals surface area (Å²) >= 11 is 0. The highest BCUT2D eigenvalue weighted by atomic mass is 16.3. The van der Waals surface area contributed by atoms with Gasteiger partial charge in [-0.15, -0.1) is 5.10 Å². The number of fused-ring (bicyclic) bond motifs is 1. The third-order valence-electron chi connectivity index (χ3n) is 5.39. The monoisotopic (exact) mass is 435 g/mol. The molecular formula is C22H23N6O4+. The van der Waals surface area contributed by atoms with E-state index in [1.807, 2.05) is 31.2 Å². The van der Waals surface area contributed by atoms with E-state index in [9.17, 15) is 19.8 Å². The molecule has 0 saturated carbocycles. The van der Waals surface area contributed by atoms with Crippen LogP contribution < -0.4 is 10.1 Å². The van der Waals surface area contributed by atoms with Crippen LogP contribution in [0.5, 0.6) is 11.5 Å². The van der Waals surface area contributed by atoms with E-state index in [4.69, 9.17) is 0 Å². The van der Waals surface area contributed by atoms with Gasteiger partial charge in [0.25, 0.3) is 5.91 Å². The van der Waals surface area contributed by atoms with Crippen LogP contribution in [0.2, 0.25) is 0 Å². The van der Waals surface area contributed by atoms with Gasteiger partial charge >= 0.3 is 17.8 Å². The number of phenolic OH excluding ortho intramolecular Hbond substituents is 2. The first kappa shape index (κ1) is 21.0. The summed E-state index contributed by atoms with van der Waals surface area (Å²) in [5.41, 5.74) is 5.28. The van der Waals surface area contributed by atoms with Crippen LogP contribution in [-0.2, 0) is 11.3 Å². The molecule has 3 amide bonds.